The summed E-state index contributed by atoms with van der Waals surface area (Å²) in [6, 6.07) is 20.5. The maximum atomic E-state index is 5.96. The third-order valence-corrected chi connectivity index (χ3v) is 5.71. The normalized spacial score (nSPS) is 11.1. The predicted octanol–water partition coefficient (Wildman–Crippen LogP) is 5.95. The van der Waals surface area contributed by atoms with E-state index in [1.54, 1.807) is 11.3 Å². The highest BCUT2D eigenvalue weighted by Crippen LogP contribution is 2.26. The number of rotatable bonds is 10. The first-order valence-electron chi connectivity index (χ1n) is 10.2. The zero-order valence-corrected chi connectivity index (χ0v) is 17.5. The number of fused-ring (bicyclic) bond motifs is 1. The lowest BCUT2D eigenvalue weighted by Gasteiger charge is -2.12. The molecule has 0 unspecified atom stereocenters. The molecule has 0 saturated carbocycles. The highest BCUT2D eigenvalue weighted by Gasteiger charge is 2.11. The van der Waals surface area contributed by atoms with Crippen molar-refractivity contribution in [3.8, 4) is 11.5 Å². The molecule has 29 heavy (non-hydrogen) atoms. The summed E-state index contributed by atoms with van der Waals surface area (Å²) in [5.74, 6) is 2.77. The Morgan fingerprint density at radius 1 is 0.897 bits per heavy atom. The maximum Gasteiger partial charge on any atom is 0.161 e. The number of thiophene rings is 1. The van der Waals surface area contributed by atoms with E-state index in [0.717, 1.165) is 48.6 Å². The van der Waals surface area contributed by atoms with Crippen LogP contribution in [0.2, 0.25) is 0 Å². The van der Waals surface area contributed by atoms with Crippen LogP contribution in [-0.2, 0) is 13.0 Å². The number of benzene rings is 2. The number of hydrogen-bond acceptors (Lipinski definition) is 4. The van der Waals surface area contributed by atoms with Gasteiger partial charge in [0.2, 0.25) is 0 Å². The molecule has 4 nitrogen and oxygen atoms in total. The average Bonchev–Trinajstić information content (AvgIpc) is 3.37. The molecular formula is C24H26N2O2S. The van der Waals surface area contributed by atoms with E-state index in [0.29, 0.717) is 13.2 Å². The molecule has 0 spiro atoms. The summed E-state index contributed by atoms with van der Waals surface area (Å²) in [5.41, 5.74) is 2.28. The van der Waals surface area contributed by atoms with Crippen molar-refractivity contribution in [2.45, 2.75) is 32.7 Å². The van der Waals surface area contributed by atoms with Crippen LogP contribution in [0.3, 0.4) is 0 Å². The molecular weight excluding hydrogens is 380 g/mol. The van der Waals surface area contributed by atoms with Crippen LogP contribution >= 0.6 is 11.3 Å². The van der Waals surface area contributed by atoms with Gasteiger partial charge in [0.15, 0.2) is 11.5 Å². The van der Waals surface area contributed by atoms with Crippen LogP contribution in [0.1, 0.15) is 30.5 Å². The van der Waals surface area contributed by atoms with Gasteiger partial charge in [0.25, 0.3) is 0 Å². The Morgan fingerprint density at radius 2 is 1.69 bits per heavy atom. The SMILES string of the molecule is CCOc1ccccc1OCCCCn1c(Cc2cccs2)nc2ccccc21. The molecule has 0 atom stereocenters. The lowest BCUT2D eigenvalue weighted by Crippen LogP contribution is -2.07. The minimum Gasteiger partial charge on any atom is -0.490 e. The lowest BCUT2D eigenvalue weighted by atomic mass is 10.2. The van der Waals surface area contributed by atoms with Gasteiger partial charge in [-0.1, -0.05) is 30.3 Å². The van der Waals surface area contributed by atoms with E-state index in [4.69, 9.17) is 14.5 Å². The molecule has 0 amide bonds. The monoisotopic (exact) mass is 406 g/mol. The van der Waals surface area contributed by atoms with Crippen LogP contribution in [0.25, 0.3) is 11.0 Å². The van der Waals surface area contributed by atoms with Crippen molar-refractivity contribution in [3.05, 3.63) is 76.7 Å². The number of nitrogens with zero attached hydrogens (tertiary/aromatic N) is 2. The van der Waals surface area contributed by atoms with Crippen LogP contribution in [0.15, 0.2) is 66.0 Å². The summed E-state index contributed by atoms with van der Waals surface area (Å²) in [6.45, 7) is 4.25. The molecule has 0 aliphatic carbocycles. The number of ether oxygens (including phenoxy) is 2. The summed E-state index contributed by atoms with van der Waals surface area (Å²) in [6.07, 6.45) is 2.89. The summed E-state index contributed by atoms with van der Waals surface area (Å²) in [5, 5.41) is 2.12. The van der Waals surface area contributed by atoms with E-state index in [-0.39, 0.29) is 0 Å². The first kappa shape index (κ1) is 19.5. The summed E-state index contributed by atoms with van der Waals surface area (Å²) in [4.78, 5) is 6.23. The fourth-order valence-electron chi connectivity index (χ4n) is 3.48. The van der Waals surface area contributed by atoms with Crippen LogP contribution in [0, 0.1) is 0 Å². The quantitative estimate of drug-likeness (QED) is 0.306. The van der Waals surface area contributed by atoms with E-state index >= 15 is 0 Å². The van der Waals surface area contributed by atoms with Gasteiger partial charge in [-0.25, -0.2) is 4.98 Å². The van der Waals surface area contributed by atoms with Gasteiger partial charge in [0.1, 0.15) is 5.82 Å². The molecule has 0 N–H and O–H groups in total. The third kappa shape index (κ3) is 4.80. The Bertz CT molecular complexity index is 1040. The molecule has 0 aliphatic rings. The molecule has 2 heterocycles. The summed E-state index contributed by atoms with van der Waals surface area (Å²) >= 11 is 1.79. The predicted molar refractivity (Wildman–Crippen MR) is 119 cm³/mol. The van der Waals surface area contributed by atoms with Crippen LogP contribution in [0.5, 0.6) is 11.5 Å². The maximum absolute atomic E-state index is 5.96. The second-order valence-electron chi connectivity index (χ2n) is 6.86. The standard InChI is InChI=1S/C24H26N2O2S/c1-2-27-22-13-5-6-14-23(22)28-16-8-7-15-26-21-12-4-3-11-20(21)25-24(26)18-19-10-9-17-29-19/h3-6,9-14,17H,2,7-8,15-16,18H2,1H3. The first-order valence-corrected chi connectivity index (χ1v) is 11.0. The van der Waals surface area contributed by atoms with Crippen molar-refractivity contribution in [2.24, 2.45) is 0 Å². The van der Waals surface area contributed by atoms with Crippen molar-refractivity contribution >= 4 is 22.4 Å². The molecule has 0 aliphatic heterocycles. The molecule has 0 radical (unpaired) electrons. The molecule has 2 aromatic carbocycles. The summed E-state index contributed by atoms with van der Waals surface area (Å²) < 4.78 is 14.0. The Hall–Kier alpha value is -2.79. The van der Waals surface area contributed by atoms with E-state index in [9.17, 15) is 0 Å². The van der Waals surface area contributed by atoms with Crippen LogP contribution in [0.4, 0.5) is 0 Å². The van der Waals surface area contributed by atoms with E-state index in [1.807, 2.05) is 31.2 Å². The van der Waals surface area contributed by atoms with Gasteiger partial charge < -0.3 is 14.0 Å². The van der Waals surface area contributed by atoms with Crippen LogP contribution in [-0.4, -0.2) is 22.8 Å². The molecule has 4 aromatic rings. The zero-order valence-electron chi connectivity index (χ0n) is 16.7. The summed E-state index contributed by atoms with van der Waals surface area (Å²) in [7, 11) is 0. The van der Waals surface area contributed by atoms with Gasteiger partial charge in [0.05, 0.1) is 24.2 Å². The fraction of sp³-hybridized carbons (Fsp3) is 0.292. The smallest absolute Gasteiger partial charge is 0.161 e. The molecule has 4 rings (SSSR count). The molecule has 0 saturated heterocycles. The molecule has 5 heteroatoms. The lowest BCUT2D eigenvalue weighted by molar-refractivity contribution is 0.269. The van der Waals surface area contributed by atoms with Crippen LogP contribution < -0.4 is 9.47 Å². The van der Waals surface area contributed by atoms with Crippen molar-refractivity contribution < 1.29 is 9.47 Å². The first-order chi connectivity index (χ1) is 14.3. The molecule has 0 fully saturated rings. The zero-order chi connectivity index (χ0) is 19.9. The highest BCUT2D eigenvalue weighted by molar-refractivity contribution is 7.09. The van der Waals surface area contributed by atoms with E-state index < -0.39 is 0 Å². The van der Waals surface area contributed by atoms with Crippen molar-refractivity contribution in [2.75, 3.05) is 13.2 Å². The second-order valence-corrected chi connectivity index (χ2v) is 7.89. The number of imidazole rings is 1. The number of para-hydroxylation sites is 4. The van der Waals surface area contributed by atoms with Gasteiger partial charge in [0, 0.05) is 17.8 Å². The van der Waals surface area contributed by atoms with E-state index in [1.165, 1.54) is 10.4 Å². The molecule has 2 aromatic heterocycles. The Labute approximate surface area is 175 Å². The van der Waals surface area contributed by atoms with E-state index in [2.05, 4.69) is 46.3 Å². The number of unbranched alkanes of at least 4 members (excludes halogenated alkanes) is 1. The third-order valence-electron chi connectivity index (χ3n) is 4.83. The Morgan fingerprint density at radius 3 is 2.48 bits per heavy atom. The number of hydrogen-bond donors (Lipinski definition) is 0. The van der Waals surface area contributed by atoms with Gasteiger partial charge in [-0.3, -0.25) is 0 Å². The minimum atomic E-state index is 0.640. The average molecular weight is 407 g/mol. The Kier molecular flexibility index (Phi) is 6.47. The Balaban J connectivity index is 1.38. The minimum absolute atomic E-state index is 0.640. The molecule has 0 bridgehead atoms. The van der Waals surface area contributed by atoms with Gasteiger partial charge >= 0.3 is 0 Å². The number of aryl methyl sites for hydroxylation is 1. The van der Waals surface area contributed by atoms with Crippen molar-refractivity contribution in [1.29, 1.82) is 0 Å². The van der Waals surface area contributed by atoms with Gasteiger partial charge in [-0.15, -0.1) is 11.3 Å². The fourth-order valence-corrected chi connectivity index (χ4v) is 4.18. The number of aromatic nitrogens is 2. The second kappa shape index (κ2) is 9.61. The van der Waals surface area contributed by atoms with Gasteiger partial charge in [-0.2, -0.15) is 0 Å². The highest BCUT2D eigenvalue weighted by atomic mass is 32.1. The van der Waals surface area contributed by atoms with Crippen molar-refractivity contribution in [1.82, 2.24) is 9.55 Å². The largest absolute Gasteiger partial charge is 0.490 e. The molecule has 150 valence electrons. The van der Waals surface area contributed by atoms with Gasteiger partial charge in [-0.05, 0) is 55.5 Å². The topological polar surface area (TPSA) is 36.3 Å². The van der Waals surface area contributed by atoms with Crippen molar-refractivity contribution in [3.63, 3.8) is 0 Å².